The monoisotopic (exact) mass is 425 g/mol. The van der Waals surface area contributed by atoms with Gasteiger partial charge in [-0.05, 0) is 55.5 Å². The minimum atomic E-state index is -4.65. The second kappa shape index (κ2) is 7.79. The van der Waals surface area contributed by atoms with E-state index in [9.17, 15) is 18.0 Å². The Bertz CT molecular complexity index is 1240. The van der Waals surface area contributed by atoms with Gasteiger partial charge < -0.3 is 10.1 Å². The lowest BCUT2D eigenvalue weighted by molar-refractivity contribution is -0.145. The highest BCUT2D eigenvalue weighted by Gasteiger charge is 2.38. The van der Waals surface area contributed by atoms with Gasteiger partial charge in [0.2, 0.25) is 5.82 Å². The Morgan fingerprint density at radius 2 is 1.68 bits per heavy atom. The molecule has 3 aromatic carbocycles. The van der Waals surface area contributed by atoms with Crippen LogP contribution in [0, 0.1) is 6.92 Å². The van der Waals surface area contributed by atoms with Crippen molar-refractivity contribution >= 4 is 22.6 Å². The van der Waals surface area contributed by atoms with Crippen LogP contribution in [0.3, 0.4) is 0 Å². The number of imidazole rings is 1. The van der Waals surface area contributed by atoms with Gasteiger partial charge in [0.15, 0.2) is 0 Å². The molecule has 158 valence electrons. The SMILES string of the molecule is COc1ccc2c(c1)nc(C(F)(F)F)n2-c1ccc(NC(=O)c2ccc(C)cc2)cc1. The van der Waals surface area contributed by atoms with Crippen molar-refractivity contribution in [2.45, 2.75) is 13.1 Å². The van der Waals surface area contributed by atoms with Gasteiger partial charge in [-0.15, -0.1) is 0 Å². The Labute approximate surface area is 176 Å². The Morgan fingerprint density at radius 3 is 2.29 bits per heavy atom. The lowest BCUT2D eigenvalue weighted by Crippen LogP contribution is -2.14. The molecule has 4 aromatic rings. The van der Waals surface area contributed by atoms with E-state index in [0.717, 1.165) is 10.1 Å². The van der Waals surface area contributed by atoms with Crippen LogP contribution in [0.25, 0.3) is 16.7 Å². The molecule has 0 saturated carbocycles. The van der Waals surface area contributed by atoms with Crippen LogP contribution in [0.1, 0.15) is 21.7 Å². The highest BCUT2D eigenvalue weighted by atomic mass is 19.4. The molecule has 8 heteroatoms. The van der Waals surface area contributed by atoms with Gasteiger partial charge in [-0.2, -0.15) is 13.2 Å². The molecule has 0 atom stereocenters. The van der Waals surface area contributed by atoms with Crippen molar-refractivity contribution < 1.29 is 22.7 Å². The third-order valence-electron chi connectivity index (χ3n) is 4.81. The van der Waals surface area contributed by atoms with E-state index < -0.39 is 12.0 Å². The van der Waals surface area contributed by atoms with E-state index in [0.29, 0.717) is 22.5 Å². The number of halogens is 3. The van der Waals surface area contributed by atoms with Crippen LogP contribution >= 0.6 is 0 Å². The molecule has 1 heterocycles. The van der Waals surface area contributed by atoms with Crippen LogP contribution in [0.2, 0.25) is 0 Å². The molecule has 0 bridgehead atoms. The van der Waals surface area contributed by atoms with Crippen LogP contribution < -0.4 is 10.1 Å². The number of amides is 1. The fourth-order valence-corrected chi connectivity index (χ4v) is 3.24. The standard InChI is InChI=1S/C23H18F3N3O2/c1-14-3-5-15(6-4-14)21(30)27-16-7-9-17(10-8-16)29-20-12-11-18(31-2)13-19(20)28-22(29)23(24,25)26/h3-13H,1-2H3,(H,27,30). The molecule has 0 aliphatic carbocycles. The lowest BCUT2D eigenvalue weighted by Gasteiger charge is -2.12. The summed E-state index contributed by atoms with van der Waals surface area (Å²) in [5.41, 5.74) is 2.73. The zero-order chi connectivity index (χ0) is 22.2. The van der Waals surface area contributed by atoms with Crippen LogP contribution in [0.4, 0.5) is 18.9 Å². The molecule has 5 nitrogen and oxygen atoms in total. The minimum absolute atomic E-state index is 0.170. The quantitative estimate of drug-likeness (QED) is 0.462. The Balaban J connectivity index is 1.68. The molecule has 0 aliphatic rings. The Hall–Kier alpha value is -3.81. The first-order valence-electron chi connectivity index (χ1n) is 9.38. The number of carbonyl (C=O) groups excluding carboxylic acids is 1. The average molecular weight is 425 g/mol. The van der Waals surface area contributed by atoms with E-state index in [1.807, 2.05) is 19.1 Å². The second-order valence-corrected chi connectivity index (χ2v) is 6.99. The number of anilines is 1. The summed E-state index contributed by atoms with van der Waals surface area (Å²) >= 11 is 0. The molecule has 0 radical (unpaired) electrons. The molecule has 1 aromatic heterocycles. The van der Waals surface area contributed by atoms with E-state index in [-0.39, 0.29) is 17.1 Å². The summed E-state index contributed by atoms with van der Waals surface area (Å²) in [5, 5.41) is 2.74. The summed E-state index contributed by atoms with van der Waals surface area (Å²) in [5.74, 6) is -0.920. The summed E-state index contributed by atoms with van der Waals surface area (Å²) in [6.07, 6.45) is -4.65. The number of fused-ring (bicyclic) bond motifs is 1. The third kappa shape index (κ3) is 4.09. The maximum Gasteiger partial charge on any atom is 0.450 e. The number of ether oxygens (including phenoxy) is 1. The van der Waals surface area contributed by atoms with Gasteiger partial charge in [0.05, 0.1) is 18.1 Å². The molecule has 0 saturated heterocycles. The highest BCUT2D eigenvalue weighted by molar-refractivity contribution is 6.04. The number of benzene rings is 3. The second-order valence-electron chi connectivity index (χ2n) is 6.99. The van der Waals surface area contributed by atoms with E-state index >= 15 is 0 Å². The van der Waals surface area contributed by atoms with Gasteiger partial charge in [0, 0.05) is 23.0 Å². The summed E-state index contributed by atoms with van der Waals surface area (Å²) in [6, 6.07) is 17.8. The molecular formula is C23H18F3N3O2. The fourth-order valence-electron chi connectivity index (χ4n) is 3.24. The number of methoxy groups -OCH3 is 1. The number of nitrogens with zero attached hydrogens (tertiary/aromatic N) is 2. The summed E-state index contributed by atoms with van der Waals surface area (Å²) in [4.78, 5) is 16.1. The first-order valence-corrected chi connectivity index (χ1v) is 9.38. The predicted octanol–water partition coefficient (Wildman–Crippen LogP) is 5.61. The van der Waals surface area contributed by atoms with Crippen molar-refractivity contribution in [3.63, 3.8) is 0 Å². The molecule has 1 N–H and O–H groups in total. The van der Waals surface area contributed by atoms with Crippen LogP contribution in [0.5, 0.6) is 5.75 Å². The molecular weight excluding hydrogens is 407 g/mol. The molecule has 31 heavy (non-hydrogen) atoms. The molecule has 4 rings (SSSR count). The van der Waals surface area contributed by atoms with Crippen molar-refractivity contribution in [1.82, 2.24) is 9.55 Å². The molecule has 0 fully saturated rings. The number of nitrogens with one attached hydrogen (secondary N) is 1. The summed E-state index contributed by atoms with van der Waals surface area (Å²) in [7, 11) is 1.44. The maximum absolute atomic E-state index is 13.7. The van der Waals surface area contributed by atoms with E-state index in [1.54, 1.807) is 30.3 Å². The molecule has 0 unspecified atom stereocenters. The van der Waals surface area contributed by atoms with Gasteiger partial charge in [0.25, 0.3) is 5.91 Å². The van der Waals surface area contributed by atoms with Crippen LogP contribution in [0.15, 0.2) is 66.7 Å². The average Bonchev–Trinajstić information content (AvgIpc) is 3.14. The summed E-state index contributed by atoms with van der Waals surface area (Å²) in [6.45, 7) is 1.92. The van der Waals surface area contributed by atoms with E-state index in [2.05, 4.69) is 10.3 Å². The van der Waals surface area contributed by atoms with Crippen LogP contribution in [-0.4, -0.2) is 22.6 Å². The van der Waals surface area contributed by atoms with E-state index in [1.165, 1.54) is 31.4 Å². The topological polar surface area (TPSA) is 56.1 Å². The number of carbonyl (C=O) groups is 1. The zero-order valence-corrected chi connectivity index (χ0v) is 16.7. The van der Waals surface area contributed by atoms with Crippen molar-refractivity contribution in [1.29, 1.82) is 0 Å². The number of hydrogen-bond donors (Lipinski definition) is 1. The van der Waals surface area contributed by atoms with Gasteiger partial charge in [-0.1, -0.05) is 17.7 Å². The minimum Gasteiger partial charge on any atom is -0.497 e. The van der Waals surface area contributed by atoms with Crippen molar-refractivity contribution in [2.24, 2.45) is 0 Å². The molecule has 0 aliphatic heterocycles. The Morgan fingerprint density at radius 1 is 1.00 bits per heavy atom. The smallest absolute Gasteiger partial charge is 0.450 e. The normalized spacial score (nSPS) is 11.5. The number of alkyl halides is 3. The predicted molar refractivity (Wildman–Crippen MR) is 112 cm³/mol. The van der Waals surface area contributed by atoms with E-state index in [4.69, 9.17) is 4.74 Å². The number of aromatic nitrogens is 2. The first-order chi connectivity index (χ1) is 14.8. The van der Waals surface area contributed by atoms with Crippen molar-refractivity contribution in [3.05, 3.63) is 83.7 Å². The van der Waals surface area contributed by atoms with Gasteiger partial charge in [-0.25, -0.2) is 4.98 Å². The number of aryl methyl sites for hydroxylation is 1. The van der Waals surface area contributed by atoms with Gasteiger partial charge in [0.1, 0.15) is 5.75 Å². The molecule has 1 amide bonds. The largest absolute Gasteiger partial charge is 0.497 e. The highest BCUT2D eigenvalue weighted by Crippen LogP contribution is 2.35. The first kappa shape index (κ1) is 20.5. The van der Waals surface area contributed by atoms with Crippen molar-refractivity contribution in [3.8, 4) is 11.4 Å². The number of hydrogen-bond acceptors (Lipinski definition) is 3. The zero-order valence-electron chi connectivity index (χ0n) is 16.7. The molecule has 0 spiro atoms. The van der Waals surface area contributed by atoms with Crippen molar-refractivity contribution in [2.75, 3.05) is 12.4 Å². The number of rotatable bonds is 4. The van der Waals surface area contributed by atoms with Crippen LogP contribution in [-0.2, 0) is 6.18 Å². The third-order valence-corrected chi connectivity index (χ3v) is 4.81. The lowest BCUT2D eigenvalue weighted by atomic mass is 10.1. The maximum atomic E-state index is 13.7. The van der Waals surface area contributed by atoms with Gasteiger partial charge in [-0.3, -0.25) is 9.36 Å². The Kier molecular flexibility index (Phi) is 5.14. The fraction of sp³-hybridized carbons (Fsp3) is 0.130. The summed E-state index contributed by atoms with van der Waals surface area (Å²) < 4.78 is 47.1. The van der Waals surface area contributed by atoms with Gasteiger partial charge >= 0.3 is 6.18 Å².